The Labute approximate surface area is 142 Å². The van der Waals surface area contributed by atoms with Gasteiger partial charge in [0.2, 0.25) is 0 Å². The first-order valence-electron chi connectivity index (χ1n) is 7.32. The highest BCUT2D eigenvalue weighted by molar-refractivity contribution is 8.00. The highest BCUT2D eigenvalue weighted by atomic mass is 32.2. The number of aromatic nitrogens is 1. The molecular formula is C17H17F2NO3S. The summed E-state index contributed by atoms with van der Waals surface area (Å²) in [7, 11) is 0. The first kappa shape index (κ1) is 18.2. The molecule has 0 bridgehead atoms. The fraction of sp³-hybridized carbons (Fsp3) is 0.294. The third kappa shape index (κ3) is 3.84. The van der Waals surface area contributed by atoms with Crippen LogP contribution in [0.2, 0.25) is 0 Å². The number of hydrogen-bond donors (Lipinski definition) is 1. The number of hydrogen-bond acceptors (Lipinski definition) is 4. The molecule has 0 unspecified atom stereocenters. The molecule has 0 spiro atoms. The third-order valence-corrected chi connectivity index (χ3v) is 4.39. The number of nitrogens with one attached hydrogen (secondary N) is 1. The van der Waals surface area contributed by atoms with Crippen LogP contribution < -0.4 is 0 Å². The number of esters is 1. The predicted octanol–water partition coefficient (Wildman–Crippen LogP) is 4.06. The van der Waals surface area contributed by atoms with Gasteiger partial charge in [-0.05, 0) is 39.0 Å². The number of H-pyrrole nitrogens is 1. The summed E-state index contributed by atoms with van der Waals surface area (Å²) in [5, 5.41) is 0. The maximum absolute atomic E-state index is 13.2. The van der Waals surface area contributed by atoms with Crippen molar-refractivity contribution in [2.24, 2.45) is 0 Å². The van der Waals surface area contributed by atoms with E-state index in [1.165, 1.54) is 6.07 Å². The van der Waals surface area contributed by atoms with Gasteiger partial charge in [0.1, 0.15) is 0 Å². The molecule has 1 N–H and O–H groups in total. The van der Waals surface area contributed by atoms with Gasteiger partial charge in [-0.1, -0.05) is 0 Å². The van der Waals surface area contributed by atoms with Crippen LogP contribution >= 0.6 is 11.8 Å². The summed E-state index contributed by atoms with van der Waals surface area (Å²) in [6.45, 7) is 5.29. The molecule has 0 saturated carbocycles. The summed E-state index contributed by atoms with van der Waals surface area (Å²) in [6, 6.07) is 3.45. The van der Waals surface area contributed by atoms with Crippen LogP contribution in [-0.4, -0.2) is 29.1 Å². The van der Waals surface area contributed by atoms with Crippen molar-refractivity contribution in [3.8, 4) is 0 Å². The van der Waals surface area contributed by atoms with Crippen molar-refractivity contribution >= 4 is 23.5 Å². The topological polar surface area (TPSA) is 59.2 Å². The number of rotatable bonds is 6. The third-order valence-electron chi connectivity index (χ3n) is 3.39. The fourth-order valence-corrected chi connectivity index (χ4v) is 3.17. The minimum atomic E-state index is -0.965. The average Bonchev–Trinajstić information content (AvgIpc) is 2.83. The van der Waals surface area contributed by atoms with Crippen LogP contribution in [0.25, 0.3) is 0 Å². The summed E-state index contributed by atoms with van der Waals surface area (Å²) >= 11 is 1.08. The first-order chi connectivity index (χ1) is 11.3. The molecule has 0 aliphatic rings. The summed E-state index contributed by atoms with van der Waals surface area (Å²) in [5.74, 6) is -2.74. The number of aryl methyl sites for hydroxylation is 2. The summed E-state index contributed by atoms with van der Waals surface area (Å²) in [4.78, 5) is 28.0. The lowest BCUT2D eigenvalue weighted by atomic mass is 10.1. The van der Waals surface area contributed by atoms with Gasteiger partial charge in [0.05, 0.1) is 23.5 Å². The minimum Gasteiger partial charge on any atom is -0.462 e. The van der Waals surface area contributed by atoms with Gasteiger partial charge < -0.3 is 9.72 Å². The molecule has 128 valence electrons. The largest absolute Gasteiger partial charge is 0.462 e. The van der Waals surface area contributed by atoms with Crippen molar-refractivity contribution in [2.75, 3.05) is 12.4 Å². The van der Waals surface area contributed by atoms with Crippen LogP contribution in [0.5, 0.6) is 0 Å². The van der Waals surface area contributed by atoms with Crippen molar-refractivity contribution in [1.82, 2.24) is 4.98 Å². The maximum Gasteiger partial charge on any atom is 0.340 e. The van der Waals surface area contributed by atoms with Gasteiger partial charge in [0.25, 0.3) is 0 Å². The molecule has 2 aromatic rings. The van der Waals surface area contributed by atoms with E-state index >= 15 is 0 Å². The molecule has 0 atom stereocenters. The number of ketones is 1. The normalized spacial score (nSPS) is 10.7. The quantitative estimate of drug-likeness (QED) is 0.483. The van der Waals surface area contributed by atoms with Crippen LogP contribution in [0, 0.1) is 25.5 Å². The number of thioether (sulfide) groups is 1. The number of ether oxygens (including phenoxy) is 1. The molecule has 0 amide bonds. The molecule has 7 heteroatoms. The van der Waals surface area contributed by atoms with E-state index in [0.717, 1.165) is 23.9 Å². The minimum absolute atomic E-state index is 0.00435. The Bertz CT molecular complexity index is 786. The van der Waals surface area contributed by atoms with Gasteiger partial charge >= 0.3 is 5.97 Å². The van der Waals surface area contributed by atoms with Crippen LogP contribution in [0.1, 0.15) is 39.0 Å². The van der Waals surface area contributed by atoms with Gasteiger partial charge in [-0.15, -0.1) is 11.8 Å². The van der Waals surface area contributed by atoms with Crippen LogP contribution in [0.4, 0.5) is 8.78 Å². The first-order valence-corrected chi connectivity index (χ1v) is 8.31. The molecule has 0 fully saturated rings. The molecular weight excluding hydrogens is 336 g/mol. The fourth-order valence-electron chi connectivity index (χ4n) is 2.38. The van der Waals surface area contributed by atoms with E-state index in [9.17, 15) is 18.4 Å². The number of benzene rings is 1. The van der Waals surface area contributed by atoms with E-state index in [0.29, 0.717) is 16.3 Å². The van der Waals surface area contributed by atoms with E-state index in [1.54, 1.807) is 20.8 Å². The Balaban J connectivity index is 2.20. The molecule has 1 aromatic heterocycles. The van der Waals surface area contributed by atoms with E-state index in [4.69, 9.17) is 4.74 Å². The molecule has 0 aliphatic carbocycles. The molecule has 1 heterocycles. The van der Waals surface area contributed by atoms with E-state index in [-0.39, 0.29) is 29.3 Å². The second kappa shape index (κ2) is 7.61. The molecule has 0 aliphatic heterocycles. The Morgan fingerprint density at radius 2 is 1.79 bits per heavy atom. The summed E-state index contributed by atoms with van der Waals surface area (Å²) in [5.41, 5.74) is 1.64. The molecule has 4 nitrogen and oxygen atoms in total. The van der Waals surface area contributed by atoms with Gasteiger partial charge in [-0.2, -0.15) is 0 Å². The number of Topliss-reactive ketones (excluding diaryl/α,β-unsaturated/α-hetero) is 1. The summed E-state index contributed by atoms with van der Waals surface area (Å²) < 4.78 is 31.1. The second-order valence-corrected chi connectivity index (χ2v) is 6.18. The Kier molecular flexibility index (Phi) is 5.77. The van der Waals surface area contributed by atoms with Gasteiger partial charge in [-0.3, -0.25) is 4.79 Å². The van der Waals surface area contributed by atoms with Crippen molar-refractivity contribution < 1.29 is 23.1 Å². The highest BCUT2D eigenvalue weighted by Gasteiger charge is 2.25. The predicted molar refractivity (Wildman–Crippen MR) is 87.6 cm³/mol. The van der Waals surface area contributed by atoms with Crippen molar-refractivity contribution in [3.05, 3.63) is 52.3 Å². The molecule has 0 radical (unpaired) electrons. The van der Waals surface area contributed by atoms with Crippen LogP contribution in [0.3, 0.4) is 0 Å². The van der Waals surface area contributed by atoms with Gasteiger partial charge in [-0.25, -0.2) is 13.6 Å². The smallest absolute Gasteiger partial charge is 0.340 e. The monoisotopic (exact) mass is 353 g/mol. The van der Waals surface area contributed by atoms with E-state index in [1.807, 2.05) is 0 Å². The Morgan fingerprint density at radius 1 is 1.12 bits per heavy atom. The molecule has 24 heavy (non-hydrogen) atoms. The van der Waals surface area contributed by atoms with E-state index in [2.05, 4.69) is 4.98 Å². The van der Waals surface area contributed by atoms with E-state index < -0.39 is 17.6 Å². The van der Waals surface area contributed by atoms with Crippen molar-refractivity contribution in [1.29, 1.82) is 0 Å². The number of carbonyl (C=O) groups excluding carboxylic acids is 2. The Hall–Kier alpha value is -2.15. The molecule has 2 rings (SSSR count). The second-order valence-electron chi connectivity index (χ2n) is 5.13. The Morgan fingerprint density at radius 3 is 2.42 bits per heavy atom. The zero-order valence-electron chi connectivity index (χ0n) is 13.5. The van der Waals surface area contributed by atoms with Gasteiger partial charge in [0, 0.05) is 16.3 Å². The van der Waals surface area contributed by atoms with Crippen molar-refractivity contribution in [2.45, 2.75) is 25.7 Å². The zero-order valence-corrected chi connectivity index (χ0v) is 14.4. The lowest BCUT2D eigenvalue weighted by Crippen LogP contribution is -2.13. The van der Waals surface area contributed by atoms with Gasteiger partial charge in [0.15, 0.2) is 17.4 Å². The van der Waals surface area contributed by atoms with Crippen LogP contribution in [-0.2, 0) is 4.74 Å². The lowest BCUT2D eigenvalue weighted by Gasteiger charge is -2.06. The standard InChI is InChI=1S/C17H17F2NO3S/c1-4-23-17(22)16-10(3)20-9(2)15(16)14(21)8-24-11-5-6-12(18)13(19)7-11/h5-7,20H,4,8H2,1-3H3. The average molecular weight is 353 g/mol. The summed E-state index contributed by atoms with van der Waals surface area (Å²) in [6.07, 6.45) is 0. The lowest BCUT2D eigenvalue weighted by molar-refractivity contribution is 0.0522. The zero-order chi connectivity index (χ0) is 17.9. The number of carbonyl (C=O) groups is 2. The molecule has 1 aromatic carbocycles. The van der Waals surface area contributed by atoms with Crippen molar-refractivity contribution in [3.63, 3.8) is 0 Å². The van der Waals surface area contributed by atoms with Crippen LogP contribution in [0.15, 0.2) is 23.1 Å². The SMILES string of the molecule is CCOC(=O)c1c(C)[nH]c(C)c1C(=O)CSc1ccc(F)c(F)c1. The molecule has 0 saturated heterocycles. The maximum atomic E-state index is 13.2. The highest BCUT2D eigenvalue weighted by Crippen LogP contribution is 2.25. The number of halogens is 2. The number of aromatic amines is 1.